The molecule has 2 aromatic carbocycles. The van der Waals surface area contributed by atoms with Crippen LogP contribution in [-0.4, -0.2) is 49.8 Å². The van der Waals surface area contributed by atoms with E-state index >= 15 is 0 Å². The lowest BCUT2D eigenvalue weighted by atomic mass is 10.1. The van der Waals surface area contributed by atoms with Crippen LogP contribution in [0.5, 0.6) is 0 Å². The molecule has 2 amide bonds. The van der Waals surface area contributed by atoms with E-state index in [4.69, 9.17) is 20.9 Å². The van der Waals surface area contributed by atoms with Crippen molar-refractivity contribution in [3.05, 3.63) is 65.3 Å². The summed E-state index contributed by atoms with van der Waals surface area (Å²) in [5.41, 5.74) is 2.35. The number of carbonyl (C=O) groups excluding carboxylic acids is 2. The molecular weight excluding hydrogens is 420 g/mol. The highest BCUT2D eigenvalue weighted by Crippen LogP contribution is 2.29. The minimum Gasteiger partial charge on any atom is -0.378 e. The van der Waals surface area contributed by atoms with Gasteiger partial charge in [0.15, 0.2) is 11.5 Å². The zero-order valence-corrected chi connectivity index (χ0v) is 17.4. The van der Waals surface area contributed by atoms with Gasteiger partial charge in [-0.2, -0.15) is 0 Å². The number of amides is 2. The van der Waals surface area contributed by atoms with Crippen molar-refractivity contribution in [3.8, 4) is 11.3 Å². The van der Waals surface area contributed by atoms with E-state index in [0.29, 0.717) is 29.7 Å². The normalized spacial score (nSPS) is 13.6. The van der Waals surface area contributed by atoms with Gasteiger partial charge < -0.3 is 24.8 Å². The summed E-state index contributed by atoms with van der Waals surface area (Å²) in [6.45, 7) is 2.46. The van der Waals surface area contributed by atoms with Crippen LogP contribution >= 0.6 is 11.6 Å². The van der Waals surface area contributed by atoms with Crippen LogP contribution in [0.1, 0.15) is 10.5 Å². The van der Waals surface area contributed by atoms with Crippen molar-refractivity contribution in [3.63, 3.8) is 0 Å². The molecule has 3 aromatic rings. The molecule has 160 valence electrons. The number of nitrogens with one attached hydrogen (secondary N) is 2. The highest BCUT2D eigenvalue weighted by molar-refractivity contribution is 6.31. The number of benzene rings is 2. The monoisotopic (exact) mass is 440 g/mol. The van der Waals surface area contributed by atoms with Gasteiger partial charge in [-0.3, -0.25) is 9.59 Å². The minimum atomic E-state index is -0.499. The first-order chi connectivity index (χ1) is 15.1. The number of hydrogen-bond donors (Lipinski definition) is 2. The molecule has 2 N–H and O–H groups in total. The lowest BCUT2D eigenvalue weighted by molar-refractivity contribution is -0.115. The molecule has 0 atom stereocenters. The molecule has 0 unspecified atom stereocenters. The number of anilines is 2. The number of hydrogen-bond acceptors (Lipinski definition) is 6. The zero-order valence-electron chi connectivity index (χ0n) is 16.6. The van der Waals surface area contributed by atoms with Gasteiger partial charge in [0.1, 0.15) is 0 Å². The first-order valence-corrected chi connectivity index (χ1v) is 10.2. The average Bonchev–Trinajstić information content (AvgIpc) is 3.29. The molecule has 1 aliphatic heterocycles. The molecule has 1 aromatic heterocycles. The lowest BCUT2D eigenvalue weighted by Gasteiger charge is -2.30. The zero-order chi connectivity index (χ0) is 21.6. The summed E-state index contributed by atoms with van der Waals surface area (Å²) in [6, 6.07) is 16.2. The molecule has 0 radical (unpaired) electrons. The third-order valence-electron chi connectivity index (χ3n) is 4.80. The Morgan fingerprint density at radius 3 is 2.61 bits per heavy atom. The molecule has 8 nitrogen and oxygen atoms in total. The number of morpholine rings is 1. The second-order valence-electron chi connectivity index (χ2n) is 6.93. The molecule has 2 heterocycles. The van der Waals surface area contributed by atoms with Gasteiger partial charge in [-0.15, -0.1) is 0 Å². The predicted molar refractivity (Wildman–Crippen MR) is 117 cm³/mol. The minimum absolute atomic E-state index is 0.100. The number of carbonyl (C=O) groups is 2. The fourth-order valence-electron chi connectivity index (χ4n) is 3.25. The van der Waals surface area contributed by atoms with Gasteiger partial charge in [0.25, 0.3) is 5.91 Å². The van der Waals surface area contributed by atoms with Crippen molar-refractivity contribution >= 4 is 34.8 Å². The number of aromatic nitrogens is 1. The lowest BCUT2D eigenvalue weighted by Crippen LogP contribution is -2.37. The van der Waals surface area contributed by atoms with Crippen LogP contribution in [0.2, 0.25) is 5.02 Å². The molecular formula is C22H21ClN4O4. The van der Waals surface area contributed by atoms with E-state index in [2.05, 4.69) is 20.7 Å². The number of ether oxygens (including phenoxy) is 1. The molecule has 0 saturated carbocycles. The maximum absolute atomic E-state index is 12.5. The molecule has 0 spiro atoms. The third kappa shape index (κ3) is 5.22. The van der Waals surface area contributed by atoms with Crippen molar-refractivity contribution in [1.82, 2.24) is 10.5 Å². The van der Waals surface area contributed by atoms with Crippen LogP contribution in [-0.2, 0) is 9.53 Å². The SMILES string of the molecule is O=C(CNC(=O)c1cc(-c2ccccc2)on1)Nc1cc(Cl)ccc1N1CCOCC1. The number of rotatable bonds is 6. The van der Waals surface area contributed by atoms with Crippen LogP contribution in [0.3, 0.4) is 0 Å². The molecule has 1 fully saturated rings. The van der Waals surface area contributed by atoms with Gasteiger partial charge in [0.2, 0.25) is 5.91 Å². The van der Waals surface area contributed by atoms with Crippen LogP contribution in [0.25, 0.3) is 11.3 Å². The summed E-state index contributed by atoms with van der Waals surface area (Å²) in [5.74, 6) is -0.401. The van der Waals surface area contributed by atoms with E-state index in [0.717, 1.165) is 24.3 Å². The Bertz CT molecular complexity index is 1060. The van der Waals surface area contributed by atoms with Crippen molar-refractivity contribution in [1.29, 1.82) is 0 Å². The van der Waals surface area contributed by atoms with E-state index in [1.165, 1.54) is 6.07 Å². The summed E-state index contributed by atoms with van der Waals surface area (Å²) in [6.07, 6.45) is 0. The maximum atomic E-state index is 12.5. The fourth-order valence-corrected chi connectivity index (χ4v) is 3.43. The molecule has 0 aliphatic carbocycles. The second kappa shape index (κ2) is 9.63. The summed E-state index contributed by atoms with van der Waals surface area (Å²) < 4.78 is 10.6. The molecule has 4 rings (SSSR count). The van der Waals surface area contributed by atoms with Crippen LogP contribution in [0, 0.1) is 0 Å². The smallest absolute Gasteiger partial charge is 0.273 e. The van der Waals surface area contributed by atoms with Gasteiger partial charge in [-0.25, -0.2) is 0 Å². The molecule has 0 bridgehead atoms. The summed E-state index contributed by atoms with van der Waals surface area (Å²) in [4.78, 5) is 26.9. The van der Waals surface area contributed by atoms with E-state index in [-0.39, 0.29) is 18.1 Å². The Morgan fingerprint density at radius 2 is 1.84 bits per heavy atom. The summed E-state index contributed by atoms with van der Waals surface area (Å²) in [7, 11) is 0. The van der Waals surface area contributed by atoms with Gasteiger partial charge in [0.05, 0.1) is 31.1 Å². The Labute approximate surface area is 184 Å². The van der Waals surface area contributed by atoms with Gasteiger partial charge in [-0.05, 0) is 18.2 Å². The molecule has 9 heteroatoms. The van der Waals surface area contributed by atoms with Crippen molar-refractivity contribution in [2.75, 3.05) is 43.1 Å². The highest BCUT2D eigenvalue weighted by Gasteiger charge is 2.18. The van der Waals surface area contributed by atoms with Crippen molar-refractivity contribution < 1.29 is 18.8 Å². The number of halogens is 1. The molecule has 1 aliphatic rings. The Kier molecular flexibility index (Phi) is 6.49. The van der Waals surface area contributed by atoms with Gasteiger partial charge >= 0.3 is 0 Å². The van der Waals surface area contributed by atoms with Gasteiger partial charge in [0, 0.05) is 29.7 Å². The quantitative estimate of drug-likeness (QED) is 0.611. The second-order valence-corrected chi connectivity index (χ2v) is 7.37. The van der Waals surface area contributed by atoms with Crippen molar-refractivity contribution in [2.45, 2.75) is 0 Å². The van der Waals surface area contributed by atoms with Crippen molar-refractivity contribution in [2.24, 2.45) is 0 Å². The standard InChI is InChI=1S/C22H21ClN4O4/c23-16-6-7-19(27-8-10-30-11-9-27)17(12-16)25-21(28)14-24-22(29)18-13-20(31-26-18)15-4-2-1-3-5-15/h1-7,12-13H,8-11,14H2,(H,24,29)(H,25,28). The largest absolute Gasteiger partial charge is 0.378 e. The fraction of sp³-hybridized carbons (Fsp3) is 0.227. The maximum Gasteiger partial charge on any atom is 0.273 e. The van der Waals surface area contributed by atoms with E-state index in [1.807, 2.05) is 36.4 Å². The van der Waals surface area contributed by atoms with E-state index < -0.39 is 5.91 Å². The van der Waals surface area contributed by atoms with E-state index in [9.17, 15) is 9.59 Å². The first-order valence-electron chi connectivity index (χ1n) is 9.82. The topological polar surface area (TPSA) is 96.7 Å². The first kappa shape index (κ1) is 20.9. The number of nitrogens with zero attached hydrogens (tertiary/aromatic N) is 2. The highest BCUT2D eigenvalue weighted by atomic mass is 35.5. The summed E-state index contributed by atoms with van der Waals surface area (Å²) in [5, 5.41) is 9.67. The van der Waals surface area contributed by atoms with Crippen LogP contribution in [0.15, 0.2) is 59.1 Å². The Hall–Kier alpha value is -3.36. The van der Waals surface area contributed by atoms with E-state index in [1.54, 1.807) is 12.1 Å². The van der Waals surface area contributed by atoms with Crippen LogP contribution in [0.4, 0.5) is 11.4 Å². The van der Waals surface area contributed by atoms with Crippen LogP contribution < -0.4 is 15.5 Å². The average molecular weight is 441 g/mol. The third-order valence-corrected chi connectivity index (χ3v) is 5.03. The molecule has 31 heavy (non-hydrogen) atoms. The predicted octanol–water partition coefficient (Wildman–Crippen LogP) is 3.20. The summed E-state index contributed by atoms with van der Waals surface area (Å²) >= 11 is 6.12. The Morgan fingerprint density at radius 1 is 1.06 bits per heavy atom. The van der Waals surface area contributed by atoms with Gasteiger partial charge in [-0.1, -0.05) is 47.1 Å². The Balaban J connectivity index is 1.37. The molecule has 1 saturated heterocycles.